The van der Waals surface area contributed by atoms with E-state index in [0.717, 1.165) is 45.0 Å². The molecule has 1 heterocycles. The number of imidazole rings is 1. The van der Waals surface area contributed by atoms with Gasteiger partial charge in [-0.3, -0.25) is 4.57 Å². The van der Waals surface area contributed by atoms with Gasteiger partial charge in [-0.25, -0.2) is 4.98 Å². The highest BCUT2D eigenvalue weighted by Crippen LogP contribution is 2.49. The third-order valence-corrected chi connectivity index (χ3v) is 16.7. The number of fused-ring (bicyclic) bond motifs is 7. The fraction of sp³-hybridized carbons (Fsp3) is 0. The van der Waals surface area contributed by atoms with Crippen LogP contribution in [0, 0.1) is 0 Å². The van der Waals surface area contributed by atoms with E-state index < -0.39 is 0 Å². The van der Waals surface area contributed by atoms with Crippen LogP contribution in [0.4, 0.5) is 0 Å². The van der Waals surface area contributed by atoms with Crippen molar-refractivity contribution in [3.8, 4) is 84.1 Å². The highest BCUT2D eigenvalue weighted by Gasteiger charge is 2.25. The fourth-order valence-corrected chi connectivity index (χ4v) is 13.0. The summed E-state index contributed by atoms with van der Waals surface area (Å²) in [6, 6.07) is 111. The number of benzene rings is 15. The molecule has 2 heteroatoms. The maximum atomic E-state index is 5.53. The first kappa shape index (κ1) is 46.4. The molecule has 16 rings (SSSR count). The zero-order valence-corrected chi connectivity index (χ0v) is 44.3. The molecular weight excluding hydrogens is 977 g/mol. The number of rotatable bonds is 8. The van der Waals surface area contributed by atoms with E-state index in [2.05, 4.69) is 308 Å². The molecule has 1 aromatic heterocycles. The number of para-hydroxylation sites is 1. The molecular formula is C79H50N2. The highest BCUT2D eigenvalue weighted by molar-refractivity contribution is 6.25. The van der Waals surface area contributed by atoms with E-state index in [1.165, 1.54) is 115 Å². The Kier molecular flexibility index (Phi) is 10.9. The van der Waals surface area contributed by atoms with E-state index in [1.54, 1.807) is 0 Å². The van der Waals surface area contributed by atoms with E-state index in [-0.39, 0.29) is 0 Å². The van der Waals surface area contributed by atoms with Gasteiger partial charge < -0.3 is 0 Å². The Morgan fingerprint density at radius 3 is 1.01 bits per heavy atom. The van der Waals surface area contributed by atoms with E-state index in [4.69, 9.17) is 4.98 Å². The summed E-state index contributed by atoms with van der Waals surface area (Å²) in [5.74, 6) is 0.897. The molecule has 0 saturated carbocycles. The summed E-state index contributed by atoms with van der Waals surface area (Å²) in [6.45, 7) is 0. The maximum Gasteiger partial charge on any atom is 0.145 e. The standard InChI is InChI=1S/C79H50N2/c1-4-22-53(23-5-1)77-78(54-24-6-2-7-25-54)81(64-28-8-3-9-29-64)79(80-77)63-43-39-57-48-60(42-38-58(57)49-63)73-65-30-14-16-32-67(65)75(68-33-17-15-31-66(68)73)62-44-45-71-72(50-62)76(61-41-37-52-21-11-13-27-56(52)47-61)70-35-19-18-34-69(70)74(71)59-40-36-51-20-10-12-26-55(51)46-59/h1-50H. The van der Waals surface area contributed by atoms with Gasteiger partial charge in [0.05, 0.1) is 11.4 Å². The van der Waals surface area contributed by atoms with Crippen molar-refractivity contribution >= 4 is 75.4 Å². The Hall–Kier alpha value is -10.7. The van der Waals surface area contributed by atoms with Crippen LogP contribution in [0.3, 0.4) is 0 Å². The van der Waals surface area contributed by atoms with Crippen molar-refractivity contribution in [3.05, 3.63) is 303 Å². The van der Waals surface area contributed by atoms with Crippen molar-refractivity contribution in [1.29, 1.82) is 0 Å². The molecule has 376 valence electrons. The molecule has 0 fully saturated rings. The maximum absolute atomic E-state index is 5.53. The minimum absolute atomic E-state index is 0.897. The zero-order chi connectivity index (χ0) is 53.4. The number of hydrogen-bond donors (Lipinski definition) is 0. The quantitative estimate of drug-likeness (QED) is 0.139. The first-order chi connectivity index (χ1) is 40.2. The summed E-state index contributed by atoms with van der Waals surface area (Å²) in [5, 5.41) is 17.1. The van der Waals surface area contributed by atoms with E-state index in [9.17, 15) is 0 Å². The first-order valence-electron chi connectivity index (χ1n) is 27.9. The summed E-state index contributed by atoms with van der Waals surface area (Å²) >= 11 is 0. The first-order valence-corrected chi connectivity index (χ1v) is 27.9. The van der Waals surface area contributed by atoms with Gasteiger partial charge in [-0.2, -0.15) is 0 Å². The molecule has 0 radical (unpaired) electrons. The van der Waals surface area contributed by atoms with Gasteiger partial charge in [-0.15, -0.1) is 0 Å². The van der Waals surface area contributed by atoms with Crippen LogP contribution in [0.2, 0.25) is 0 Å². The van der Waals surface area contributed by atoms with Gasteiger partial charge in [-0.1, -0.05) is 261 Å². The predicted octanol–water partition coefficient (Wildman–Crippen LogP) is 21.6. The molecule has 0 saturated heterocycles. The monoisotopic (exact) mass is 1030 g/mol. The summed E-state index contributed by atoms with van der Waals surface area (Å²) in [4.78, 5) is 5.53. The van der Waals surface area contributed by atoms with E-state index in [1.807, 2.05) is 0 Å². The summed E-state index contributed by atoms with van der Waals surface area (Å²) < 4.78 is 2.33. The number of nitrogens with zero attached hydrogens (tertiary/aromatic N) is 2. The van der Waals surface area contributed by atoms with Crippen LogP contribution in [-0.4, -0.2) is 9.55 Å². The van der Waals surface area contributed by atoms with Crippen LogP contribution in [0.5, 0.6) is 0 Å². The molecule has 0 bridgehead atoms. The third kappa shape index (κ3) is 7.75. The lowest BCUT2D eigenvalue weighted by Gasteiger charge is -2.21. The molecule has 0 spiro atoms. The summed E-state index contributed by atoms with van der Waals surface area (Å²) in [5.41, 5.74) is 16.1. The van der Waals surface area contributed by atoms with Gasteiger partial charge in [-0.05, 0) is 162 Å². The average Bonchev–Trinajstić information content (AvgIpc) is 4.10. The fourth-order valence-electron chi connectivity index (χ4n) is 13.0. The number of aromatic nitrogens is 2. The molecule has 0 unspecified atom stereocenters. The SMILES string of the molecule is c1ccc(-c2nc(-c3ccc4cc(-c5c6ccccc6c(-c6ccc7c(-c8ccc9ccccc9c8)c8ccccc8c(-c8ccc9ccccc9c8)c7c6)c6ccccc56)ccc4c3)n(-c3ccccc3)c2-c2ccccc2)cc1. The van der Waals surface area contributed by atoms with Crippen LogP contribution < -0.4 is 0 Å². The van der Waals surface area contributed by atoms with Crippen LogP contribution in [0.1, 0.15) is 0 Å². The highest BCUT2D eigenvalue weighted by atomic mass is 15.1. The Balaban J connectivity index is 0.885. The van der Waals surface area contributed by atoms with Crippen molar-refractivity contribution in [2.24, 2.45) is 0 Å². The van der Waals surface area contributed by atoms with Crippen molar-refractivity contribution < 1.29 is 0 Å². The normalized spacial score (nSPS) is 11.7. The van der Waals surface area contributed by atoms with Gasteiger partial charge in [0.15, 0.2) is 0 Å². The Morgan fingerprint density at radius 2 is 0.531 bits per heavy atom. The van der Waals surface area contributed by atoms with Crippen molar-refractivity contribution in [1.82, 2.24) is 9.55 Å². The minimum atomic E-state index is 0.897. The van der Waals surface area contributed by atoms with Gasteiger partial charge in [0.25, 0.3) is 0 Å². The molecule has 0 N–H and O–H groups in total. The van der Waals surface area contributed by atoms with Crippen LogP contribution in [0.25, 0.3) is 160 Å². The second kappa shape index (κ2) is 19.1. The largest absolute Gasteiger partial charge is 0.292 e. The zero-order valence-electron chi connectivity index (χ0n) is 44.3. The molecule has 0 amide bonds. The second-order valence-corrected chi connectivity index (χ2v) is 21.3. The molecule has 16 aromatic rings. The average molecular weight is 1030 g/mol. The molecule has 81 heavy (non-hydrogen) atoms. The van der Waals surface area contributed by atoms with Gasteiger partial charge in [0.1, 0.15) is 5.82 Å². The smallest absolute Gasteiger partial charge is 0.145 e. The van der Waals surface area contributed by atoms with Crippen LogP contribution in [0.15, 0.2) is 303 Å². The lowest BCUT2D eigenvalue weighted by Crippen LogP contribution is -2.00. The molecule has 0 atom stereocenters. The van der Waals surface area contributed by atoms with Crippen LogP contribution >= 0.6 is 0 Å². The van der Waals surface area contributed by atoms with Gasteiger partial charge >= 0.3 is 0 Å². The predicted molar refractivity (Wildman–Crippen MR) is 344 cm³/mol. The molecule has 0 aliphatic carbocycles. The Labute approximate surface area is 469 Å². The molecule has 15 aromatic carbocycles. The van der Waals surface area contributed by atoms with Crippen molar-refractivity contribution in [2.45, 2.75) is 0 Å². The molecule has 0 aliphatic rings. The summed E-state index contributed by atoms with van der Waals surface area (Å²) in [7, 11) is 0. The topological polar surface area (TPSA) is 17.8 Å². The summed E-state index contributed by atoms with van der Waals surface area (Å²) in [6.07, 6.45) is 0. The molecule has 2 nitrogen and oxygen atoms in total. The Bertz CT molecular complexity index is 5090. The van der Waals surface area contributed by atoms with Crippen molar-refractivity contribution in [3.63, 3.8) is 0 Å². The van der Waals surface area contributed by atoms with Gasteiger partial charge in [0.2, 0.25) is 0 Å². The Morgan fingerprint density at radius 1 is 0.210 bits per heavy atom. The second-order valence-electron chi connectivity index (χ2n) is 21.3. The lowest BCUT2D eigenvalue weighted by atomic mass is 9.82. The van der Waals surface area contributed by atoms with E-state index in [0.29, 0.717) is 0 Å². The van der Waals surface area contributed by atoms with Crippen LogP contribution in [-0.2, 0) is 0 Å². The lowest BCUT2D eigenvalue weighted by molar-refractivity contribution is 1.07. The van der Waals surface area contributed by atoms with Crippen molar-refractivity contribution in [2.75, 3.05) is 0 Å². The number of hydrogen-bond acceptors (Lipinski definition) is 1. The third-order valence-electron chi connectivity index (χ3n) is 16.7. The van der Waals surface area contributed by atoms with E-state index >= 15 is 0 Å². The molecule has 0 aliphatic heterocycles. The van der Waals surface area contributed by atoms with Gasteiger partial charge in [0, 0.05) is 22.4 Å². The minimum Gasteiger partial charge on any atom is -0.292 e.